The number of ketones is 1. The summed E-state index contributed by atoms with van der Waals surface area (Å²) < 4.78 is 0. The van der Waals surface area contributed by atoms with Crippen molar-refractivity contribution in [2.75, 3.05) is 6.54 Å². The number of hydrogen-bond donors (Lipinski definition) is 2. The molecule has 0 saturated heterocycles. The summed E-state index contributed by atoms with van der Waals surface area (Å²) in [5.74, 6) is -0.340. The number of benzene rings is 1. The van der Waals surface area contributed by atoms with Crippen LogP contribution in [0.4, 0.5) is 0 Å². The van der Waals surface area contributed by atoms with E-state index in [4.69, 9.17) is 5.73 Å². The van der Waals surface area contributed by atoms with Crippen LogP contribution >= 0.6 is 0 Å². The van der Waals surface area contributed by atoms with Crippen LogP contribution in [0.3, 0.4) is 0 Å². The molecule has 0 aliphatic rings. The standard InChI is InChI=1S/C12H16N2O2/c1-3-14-12(16)10-6-4-5-9(7-10)11(15)8(2)13/h4-8H,3,13H2,1-2H3,(H,14,16). The Bertz CT molecular complexity index is 400. The Balaban J connectivity index is 2.95. The highest BCUT2D eigenvalue weighted by Gasteiger charge is 2.12. The van der Waals surface area contributed by atoms with E-state index in [9.17, 15) is 9.59 Å². The minimum atomic E-state index is -0.551. The number of Topliss-reactive ketones (excluding diaryl/α,β-unsaturated/α-hetero) is 1. The van der Waals surface area contributed by atoms with Crippen molar-refractivity contribution in [3.8, 4) is 0 Å². The largest absolute Gasteiger partial charge is 0.352 e. The lowest BCUT2D eigenvalue weighted by atomic mass is 10.0. The van der Waals surface area contributed by atoms with E-state index in [1.165, 1.54) is 0 Å². The molecule has 1 rings (SSSR count). The lowest BCUT2D eigenvalue weighted by Gasteiger charge is -2.06. The molecule has 1 aromatic rings. The molecule has 0 aromatic heterocycles. The van der Waals surface area contributed by atoms with Gasteiger partial charge in [0.25, 0.3) is 5.91 Å². The van der Waals surface area contributed by atoms with Gasteiger partial charge in [-0.05, 0) is 26.0 Å². The van der Waals surface area contributed by atoms with Crippen molar-refractivity contribution in [2.24, 2.45) is 5.73 Å². The summed E-state index contributed by atoms with van der Waals surface area (Å²) in [6, 6.07) is 6.03. The summed E-state index contributed by atoms with van der Waals surface area (Å²) in [7, 11) is 0. The number of nitrogens with one attached hydrogen (secondary N) is 1. The van der Waals surface area contributed by atoms with Crippen molar-refractivity contribution < 1.29 is 9.59 Å². The average molecular weight is 220 g/mol. The van der Waals surface area contributed by atoms with Crippen molar-refractivity contribution in [1.82, 2.24) is 5.32 Å². The van der Waals surface area contributed by atoms with E-state index in [0.717, 1.165) is 0 Å². The topological polar surface area (TPSA) is 72.2 Å². The molecule has 4 nitrogen and oxygen atoms in total. The molecule has 1 unspecified atom stereocenters. The van der Waals surface area contributed by atoms with Crippen LogP contribution in [0.5, 0.6) is 0 Å². The van der Waals surface area contributed by atoms with Crippen molar-refractivity contribution in [3.63, 3.8) is 0 Å². The Kier molecular flexibility index (Phi) is 4.19. The fourth-order valence-corrected chi connectivity index (χ4v) is 1.34. The van der Waals surface area contributed by atoms with E-state index >= 15 is 0 Å². The molecule has 0 fully saturated rings. The molecule has 1 atom stereocenters. The molecular formula is C12H16N2O2. The van der Waals surface area contributed by atoms with Gasteiger partial charge in [-0.1, -0.05) is 12.1 Å². The fourth-order valence-electron chi connectivity index (χ4n) is 1.34. The van der Waals surface area contributed by atoms with Gasteiger partial charge >= 0.3 is 0 Å². The monoisotopic (exact) mass is 220 g/mol. The first-order valence-corrected chi connectivity index (χ1v) is 5.24. The normalized spacial score (nSPS) is 11.9. The molecule has 0 radical (unpaired) electrons. The third-order valence-corrected chi connectivity index (χ3v) is 2.16. The molecule has 0 aliphatic heterocycles. The molecule has 1 aromatic carbocycles. The predicted octanol–water partition coefficient (Wildman–Crippen LogP) is 0.966. The summed E-state index contributed by atoms with van der Waals surface area (Å²) in [6.45, 7) is 4.03. The van der Waals surface area contributed by atoms with Gasteiger partial charge in [0.05, 0.1) is 6.04 Å². The zero-order valence-corrected chi connectivity index (χ0v) is 9.49. The molecule has 0 bridgehead atoms. The highest BCUT2D eigenvalue weighted by Crippen LogP contribution is 2.07. The maximum absolute atomic E-state index is 11.6. The van der Waals surface area contributed by atoms with Crippen LogP contribution in [0.2, 0.25) is 0 Å². The SMILES string of the molecule is CCNC(=O)c1cccc(C(=O)C(C)N)c1. The summed E-state index contributed by atoms with van der Waals surface area (Å²) in [6.07, 6.45) is 0. The second-order valence-corrected chi connectivity index (χ2v) is 3.59. The quantitative estimate of drug-likeness (QED) is 0.742. The Morgan fingerprint density at radius 2 is 2.00 bits per heavy atom. The van der Waals surface area contributed by atoms with E-state index in [1.807, 2.05) is 6.92 Å². The van der Waals surface area contributed by atoms with Gasteiger partial charge in [-0.3, -0.25) is 9.59 Å². The van der Waals surface area contributed by atoms with Gasteiger partial charge in [-0.15, -0.1) is 0 Å². The van der Waals surface area contributed by atoms with E-state index < -0.39 is 6.04 Å². The second kappa shape index (κ2) is 5.42. The predicted molar refractivity (Wildman–Crippen MR) is 62.4 cm³/mol. The van der Waals surface area contributed by atoms with Crippen molar-refractivity contribution in [2.45, 2.75) is 19.9 Å². The summed E-state index contributed by atoms with van der Waals surface area (Å²) in [4.78, 5) is 23.2. The molecule has 86 valence electrons. The number of amides is 1. The molecule has 4 heteroatoms. The number of hydrogen-bond acceptors (Lipinski definition) is 3. The van der Waals surface area contributed by atoms with Crippen LogP contribution in [-0.2, 0) is 0 Å². The van der Waals surface area contributed by atoms with Crippen LogP contribution in [0, 0.1) is 0 Å². The Labute approximate surface area is 94.8 Å². The van der Waals surface area contributed by atoms with Crippen LogP contribution in [-0.4, -0.2) is 24.3 Å². The minimum Gasteiger partial charge on any atom is -0.352 e. The van der Waals surface area contributed by atoms with E-state index in [2.05, 4.69) is 5.32 Å². The minimum absolute atomic E-state index is 0.161. The lowest BCUT2D eigenvalue weighted by Crippen LogP contribution is -2.27. The average Bonchev–Trinajstić information content (AvgIpc) is 2.28. The van der Waals surface area contributed by atoms with Crippen molar-refractivity contribution >= 4 is 11.7 Å². The van der Waals surface area contributed by atoms with E-state index in [-0.39, 0.29) is 11.7 Å². The van der Waals surface area contributed by atoms with Crippen LogP contribution in [0.15, 0.2) is 24.3 Å². The first-order valence-electron chi connectivity index (χ1n) is 5.24. The summed E-state index contributed by atoms with van der Waals surface area (Å²) in [5, 5.41) is 2.68. The van der Waals surface area contributed by atoms with Crippen LogP contribution in [0.1, 0.15) is 34.6 Å². The summed E-state index contributed by atoms with van der Waals surface area (Å²) >= 11 is 0. The molecule has 0 saturated carbocycles. The smallest absolute Gasteiger partial charge is 0.251 e. The van der Waals surface area contributed by atoms with Crippen LogP contribution in [0.25, 0.3) is 0 Å². The Morgan fingerprint density at radius 1 is 1.38 bits per heavy atom. The molecule has 16 heavy (non-hydrogen) atoms. The molecule has 3 N–H and O–H groups in total. The maximum Gasteiger partial charge on any atom is 0.251 e. The van der Waals surface area contributed by atoms with Gasteiger partial charge in [0.2, 0.25) is 0 Å². The van der Waals surface area contributed by atoms with Crippen molar-refractivity contribution in [3.05, 3.63) is 35.4 Å². The lowest BCUT2D eigenvalue weighted by molar-refractivity contribution is 0.0956. The highest BCUT2D eigenvalue weighted by atomic mass is 16.1. The number of carbonyl (C=O) groups excluding carboxylic acids is 2. The first kappa shape index (κ1) is 12.4. The van der Waals surface area contributed by atoms with E-state index in [0.29, 0.717) is 17.7 Å². The maximum atomic E-state index is 11.6. The third-order valence-electron chi connectivity index (χ3n) is 2.16. The number of rotatable bonds is 4. The van der Waals surface area contributed by atoms with Crippen LogP contribution < -0.4 is 11.1 Å². The number of nitrogens with two attached hydrogens (primary N) is 1. The third kappa shape index (κ3) is 2.90. The van der Waals surface area contributed by atoms with Gasteiger partial charge in [0.1, 0.15) is 0 Å². The van der Waals surface area contributed by atoms with Crippen molar-refractivity contribution in [1.29, 1.82) is 0 Å². The highest BCUT2D eigenvalue weighted by molar-refractivity contribution is 6.02. The molecule has 0 heterocycles. The van der Waals surface area contributed by atoms with E-state index in [1.54, 1.807) is 31.2 Å². The molecule has 1 amide bonds. The zero-order chi connectivity index (χ0) is 12.1. The Hall–Kier alpha value is -1.68. The Morgan fingerprint density at radius 3 is 2.56 bits per heavy atom. The van der Waals surface area contributed by atoms with Gasteiger partial charge in [-0.25, -0.2) is 0 Å². The molecular weight excluding hydrogens is 204 g/mol. The fraction of sp³-hybridized carbons (Fsp3) is 0.333. The second-order valence-electron chi connectivity index (χ2n) is 3.59. The number of carbonyl (C=O) groups is 2. The van der Waals surface area contributed by atoms with Gasteiger partial charge in [0.15, 0.2) is 5.78 Å². The zero-order valence-electron chi connectivity index (χ0n) is 9.49. The molecule has 0 spiro atoms. The van der Waals surface area contributed by atoms with Gasteiger partial charge in [0, 0.05) is 17.7 Å². The van der Waals surface area contributed by atoms with Gasteiger partial charge in [-0.2, -0.15) is 0 Å². The molecule has 0 aliphatic carbocycles. The van der Waals surface area contributed by atoms with Gasteiger partial charge < -0.3 is 11.1 Å². The summed E-state index contributed by atoms with van der Waals surface area (Å²) in [5.41, 5.74) is 6.45. The first-order chi connectivity index (χ1) is 7.56.